The molecule has 182 valence electrons. The summed E-state index contributed by atoms with van der Waals surface area (Å²) in [5, 5.41) is 15.8. The molecule has 1 aliphatic rings. The molecule has 0 aromatic heterocycles. The lowest BCUT2D eigenvalue weighted by Gasteiger charge is -2.23. The molecule has 0 spiro atoms. The number of benzene rings is 2. The molecule has 0 bridgehead atoms. The third kappa shape index (κ3) is 7.19. The van der Waals surface area contributed by atoms with Crippen molar-refractivity contribution in [2.75, 3.05) is 12.3 Å². The first-order valence-electron chi connectivity index (χ1n) is 10.1. The van der Waals surface area contributed by atoms with Crippen molar-refractivity contribution in [2.45, 2.75) is 41.0 Å². The largest absolute Gasteiger partial charge is 0.445 e. The monoisotopic (exact) mass is 525 g/mol. The fourth-order valence-electron chi connectivity index (χ4n) is 3.44. The van der Waals surface area contributed by atoms with Gasteiger partial charge in [-0.3, -0.25) is 14.9 Å². The number of non-ortho nitro benzene ring substituents is 1. The van der Waals surface area contributed by atoms with Crippen LogP contribution in [0.1, 0.15) is 18.9 Å². The van der Waals surface area contributed by atoms with E-state index < -0.39 is 21.0 Å². The molecule has 10 nitrogen and oxygen atoms in total. The van der Waals surface area contributed by atoms with E-state index in [9.17, 15) is 28.1 Å². The maximum Gasteiger partial charge on any atom is 0.410 e. The third-order valence-electron chi connectivity index (χ3n) is 5.05. The van der Waals surface area contributed by atoms with Crippen LogP contribution in [0, 0.1) is 10.1 Å². The first-order valence-corrected chi connectivity index (χ1v) is 13.5. The number of hydrogen-bond acceptors (Lipinski definition) is 9. The maximum absolute atomic E-state index is 12.8. The topological polar surface area (TPSA) is 150 Å². The summed E-state index contributed by atoms with van der Waals surface area (Å²) >= 11 is 2.64. The molecular formula is C21H23N3O7S3. The Morgan fingerprint density at radius 3 is 2.38 bits per heavy atom. The fraction of sp³-hybridized carbons (Fsp3) is 0.333. The van der Waals surface area contributed by atoms with Crippen molar-refractivity contribution in [3.8, 4) is 0 Å². The van der Waals surface area contributed by atoms with E-state index in [1.807, 2.05) is 0 Å². The van der Waals surface area contributed by atoms with E-state index in [1.165, 1.54) is 66.8 Å². The lowest BCUT2D eigenvalue weighted by molar-refractivity contribution is -0.384. The number of thioether (sulfide) groups is 2. The van der Waals surface area contributed by atoms with Crippen molar-refractivity contribution >= 4 is 50.4 Å². The Morgan fingerprint density at radius 1 is 1.18 bits per heavy atom. The molecule has 0 saturated carbocycles. The van der Waals surface area contributed by atoms with E-state index in [2.05, 4.69) is 0 Å². The van der Waals surface area contributed by atoms with Crippen LogP contribution in [-0.2, 0) is 26.2 Å². The average Bonchev–Trinajstić information content (AvgIpc) is 3.18. The van der Waals surface area contributed by atoms with E-state index in [4.69, 9.17) is 9.88 Å². The number of amides is 1. The number of rotatable bonds is 8. The first-order chi connectivity index (χ1) is 16.0. The van der Waals surface area contributed by atoms with Crippen LogP contribution < -0.4 is 5.14 Å². The van der Waals surface area contributed by atoms with Gasteiger partial charge in [0.05, 0.1) is 9.82 Å². The molecule has 0 unspecified atom stereocenters. The molecule has 1 amide bonds. The molecule has 1 fully saturated rings. The Labute approximate surface area is 205 Å². The summed E-state index contributed by atoms with van der Waals surface area (Å²) in [6.45, 7) is 1.81. The van der Waals surface area contributed by atoms with Crippen molar-refractivity contribution in [1.82, 2.24) is 4.90 Å². The summed E-state index contributed by atoms with van der Waals surface area (Å²) in [5.74, 6) is 0.524. The van der Waals surface area contributed by atoms with Gasteiger partial charge in [0.15, 0.2) is 5.12 Å². The van der Waals surface area contributed by atoms with Crippen molar-refractivity contribution in [3.05, 3.63) is 64.2 Å². The molecule has 1 heterocycles. The van der Waals surface area contributed by atoms with Crippen LogP contribution in [0.5, 0.6) is 0 Å². The van der Waals surface area contributed by atoms with Gasteiger partial charge in [0.25, 0.3) is 5.69 Å². The van der Waals surface area contributed by atoms with Crippen LogP contribution in [-0.4, -0.2) is 53.0 Å². The molecule has 2 atom stereocenters. The highest BCUT2D eigenvalue weighted by atomic mass is 32.2. The molecule has 34 heavy (non-hydrogen) atoms. The number of primary sulfonamides is 1. The van der Waals surface area contributed by atoms with E-state index in [-0.39, 0.29) is 33.6 Å². The summed E-state index contributed by atoms with van der Waals surface area (Å²) in [6.07, 6.45) is 0.0826. The Morgan fingerprint density at radius 2 is 1.82 bits per heavy atom. The second-order valence-electron chi connectivity index (χ2n) is 7.58. The fourth-order valence-corrected chi connectivity index (χ4v) is 6.00. The summed E-state index contributed by atoms with van der Waals surface area (Å²) in [4.78, 5) is 37.1. The van der Waals surface area contributed by atoms with E-state index in [1.54, 1.807) is 17.0 Å². The summed E-state index contributed by atoms with van der Waals surface area (Å²) in [7, 11) is -3.77. The van der Waals surface area contributed by atoms with Crippen molar-refractivity contribution in [2.24, 2.45) is 5.14 Å². The van der Waals surface area contributed by atoms with Gasteiger partial charge in [-0.05, 0) is 48.4 Å². The standard InChI is InChI=1S/C21H23N3O7S3/c1-14(25)33-19-10-17(13-32-18-6-8-20(9-7-18)34(22,29)30)23(11-19)21(26)31-12-15-2-4-16(5-3-15)24(27)28/h2-9,17,19H,10-13H2,1H3,(H2,22,29,30)/t17-,19-/m0/s1. The molecule has 2 aromatic carbocycles. The minimum absolute atomic E-state index is 0.0205. The lowest BCUT2D eigenvalue weighted by atomic mass is 10.2. The van der Waals surface area contributed by atoms with Gasteiger partial charge < -0.3 is 9.64 Å². The zero-order valence-electron chi connectivity index (χ0n) is 18.2. The predicted molar refractivity (Wildman–Crippen MR) is 129 cm³/mol. The second-order valence-corrected chi connectivity index (χ2v) is 11.7. The minimum Gasteiger partial charge on any atom is -0.445 e. The molecular weight excluding hydrogens is 502 g/mol. The number of carbonyl (C=O) groups excluding carboxylic acids is 2. The predicted octanol–water partition coefficient (Wildman–Crippen LogP) is 3.39. The van der Waals surface area contributed by atoms with Crippen molar-refractivity contribution in [3.63, 3.8) is 0 Å². The molecule has 0 aliphatic carbocycles. The third-order valence-corrected chi connectivity index (χ3v) is 8.14. The van der Waals surface area contributed by atoms with Crippen LogP contribution >= 0.6 is 23.5 Å². The number of ether oxygens (including phenoxy) is 1. The maximum atomic E-state index is 12.8. The second kappa shape index (κ2) is 11.2. The number of nitrogens with zero attached hydrogens (tertiary/aromatic N) is 2. The molecule has 1 aliphatic heterocycles. The van der Waals surface area contributed by atoms with Gasteiger partial charge in [-0.25, -0.2) is 18.4 Å². The molecule has 3 rings (SSSR count). The highest BCUT2D eigenvalue weighted by Crippen LogP contribution is 2.32. The SMILES string of the molecule is CC(=O)S[C@H]1C[C@@H](CSc2ccc(S(N)(=O)=O)cc2)N(C(=O)OCc2ccc([N+](=O)[O-])cc2)C1. The lowest BCUT2D eigenvalue weighted by Crippen LogP contribution is -2.37. The number of likely N-dealkylation sites (tertiary alicyclic amines) is 1. The number of nitro benzene ring substituents is 1. The minimum atomic E-state index is -3.77. The number of hydrogen-bond donors (Lipinski definition) is 1. The molecule has 2 N–H and O–H groups in total. The van der Waals surface area contributed by atoms with Gasteiger partial charge in [-0.2, -0.15) is 0 Å². The van der Waals surface area contributed by atoms with Crippen LogP contribution in [0.15, 0.2) is 58.3 Å². The Kier molecular flexibility index (Phi) is 8.57. The molecule has 1 saturated heterocycles. The highest BCUT2D eigenvalue weighted by molar-refractivity contribution is 8.14. The van der Waals surface area contributed by atoms with Crippen LogP contribution in [0.3, 0.4) is 0 Å². The van der Waals surface area contributed by atoms with Gasteiger partial charge in [-0.15, -0.1) is 11.8 Å². The smallest absolute Gasteiger partial charge is 0.410 e. The van der Waals surface area contributed by atoms with Gasteiger partial charge >= 0.3 is 6.09 Å². The normalized spacial score (nSPS) is 18.0. The zero-order chi connectivity index (χ0) is 24.9. The van der Waals surface area contributed by atoms with Crippen molar-refractivity contribution in [1.29, 1.82) is 0 Å². The Balaban J connectivity index is 1.63. The van der Waals surface area contributed by atoms with Gasteiger partial charge in [-0.1, -0.05) is 11.8 Å². The summed E-state index contributed by atoms with van der Waals surface area (Å²) in [6, 6.07) is 11.7. The van der Waals surface area contributed by atoms with E-state index in [0.717, 1.165) is 4.90 Å². The molecule has 13 heteroatoms. The average molecular weight is 526 g/mol. The summed E-state index contributed by atoms with van der Waals surface area (Å²) < 4.78 is 28.3. The molecule has 0 radical (unpaired) electrons. The number of nitrogens with two attached hydrogens (primary N) is 1. The number of nitro groups is 1. The Hall–Kier alpha value is -2.61. The van der Waals surface area contributed by atoms with Gasteiger partial charge in [0.1, 0.15) is 6.61 Å². The van der Waals surface area contributed by atoms with Crippen LogP contribution in [0.4, 0.5) is 10.5 Å². The van der Waals surface area contributed by atoms with Crippen LogP contribution in [0.25, 0.3) is 0 Å². The molecule has 2 aromatic rings. The quantitative estimate of drug-likeness (QED) is 0.311. The number of sulfonamides is 1. The zero-order valence-corrected chi connectivity index (χ0v) is 20.6. The Bertz CT molecular complexity index is 1160. The van der Waals surface area contributed by atoms with Crippen LogP contribution in [0.2, 0.25) is 0 Å². The van der Waals surface area contributed by atoms with Crippen molar-refractivity contribution < 1.29 is 27.7 Å². The van der Waals surface area contributed by atoms with E-state index in [0.29, 0.717) is 24.3 Å². The highest BCUT2D eigenvalue weighted by Gasteiger charge is 2.37. The van der Waals surface area contributed by atoms with E-state index >= 15 is 0 Å². The first kappa shape index (κ1) is 26.0. The number of carbonyl (C=O) groups is 2. The van der Waals surface area contributed by atoms with Gasteiger partial charge in [0, 0.05) is 47.5 Å². The van der Waals surface area contributed by atoms with Gasteiger partial charge in [0.2, 0.25) is 10.0 Å². The summed E-state index contributed by atoms with van der Waals surface area (Å²) in [5.41, 5.74) is 0.571.